The van der Waals surface area contributed by atoms with Gasteiger partial charge in [-0.2, -0.15) is 0 Å². The fourth-order valence-corrected chi connectivity index (χ4v) is 6.27. The molecule has 1 unspecified atom stereocenters. The van der Waals surface area contributed by atoms with Crippen molar-refractivity contribution < 1.29 is 24.2 Å². The van der Waals surface area contributed by atoms with E-state index in [4.69, 9.17) is 4.74 Å². The maximum atomic E-state index is 13.3. The molecule has 178 valence electrons. The number of nitrogens with zero attached hydrogens (tertiary/aromatic N) is 1. The van der Waals surface area contributed by atoms with Crippen LogP contribution in [-0.2, 0) is 14.3 Å². The average molecular weight is 463 g/mol. The van der Waals surface area contributed by atoms with Crippen molar-refractivity contribution in [3.63, 3.8) is 0 Å². The standard InChI is InChI=1S/C27H30N2O5/c1-3-8-22(23(30)29-16-26(2)14-27(29,15-26)24(31)32)28-25(33)34-13-21-19-11-6-4-9-17(19)18-10-5-7-12-20(18)21/h4-7,9-12,21-22H,3,8,13-16H2,1-2H3,(H,28,33)(H,31,32). The van der Waals surface area contributed by atoms with Crippen LogP contribution in [0.5, 0.6) is 0 Å². The zero-order valence-corrected chi connectivity index (χ0v) is 19.5. The lowest BCUT2D eigenvalue weighted by Crippen LogP contribution is -2.59. The predicted molar refractivity (Wildman–Crippen MR) is 126 cm³/mol. The number of carboxylic acids is 1. The molecule has 2 amide bonds. The SMILES string of the molecule is CCCC(NC(=O)OCC1c2ccccc2-c2ccccc21)C(=O)N1CC2(C)CC1(C(=O)O)C2. The van der Waals surface area contributed by atoms with Crippen LogP contribution in [-0.4, -0.2) is 52.7 Å². The lowest BCUT2D eigenvalue weighted by Gasteiger charge is -2.43. The van der Waals surface area contributed by atoms with Crippen LogP contribution in [0, 0.1) is 5.41 Å². The molecule has 2 aromatic carbocycles. The highest BCUT2D eigenvalue weighted by Gasteiger charge is 2.69. The molecule has 4 aliphatic rings. The van der Waals surface area contributed by atoms with Gasteiger partial charge in [0.15, 0.2) is 0 Å². The number of alkyl carbamates (subject to hydrolysis) is 1. The molecule has 6 rings (SSSR count). The molecule has 7 heteroatoms. The number of amides is 2. The molecular formula is C27H30N2O5. The van der Waals surface area contributed by atoms with Crippen molar-refractivity contribution in [1.29, 1.82) is 0 Å². The topological polar surface area (TPSA) is 95.9 Å². The van der Waals surface area contributed by atoms with E-state index in [0.717, 1.165) is 22.3 Å². The Morgan fingerprint density at radius 2 is 1.68 bits per heavy atom. The number of fused-ring (bicyclic) bond motifs is 4. The average Bonchev–Trinajstić information content (AvgIpc) is 3.40. The summed E-state index contributed by atoms with van der Waals surface area (Å²) >= 11 is 0. The number of carbonyl (C=O) groups is 3. The number of aliphatic carboxylic acids is 1. The first kappa shape index (κ1) is 22.4. The lowest BCUT2D eigenvalue weighted by atomic mass is 9.63. The fourth-order valence-electron chi connectivity index (χ4n) is 6.27. The predicted octanol–water partition coefficient (Wildman–Crippen LogP) is 4.16. The zero-order chi connectivity index (χ0) is 24.1. The van der Waals surface area contributed by atoms with Crippen molar-refractivity contribution in [2.45, 2.75) is 57.0 Å². The first-order valence-electron chi connectivity index (χ1n) is 11.9. The summed E-state index contributed by atoms with van der Waals surface area (Å²) in [7, 11) is 0. The lowest BCUT2D eigenvalue weighted by molar-refractivity contribution is -0.160. The molecule has 3 fully saturated rings. The number of carboxylic acid groups (broad SMARTS) is 1. The van der Waals surface area contributed by atoms with Gasteiger partial charge in [-0.05, 0) is 46.9 Å². The number of benzene rings is 2. The fraction of sp³-hybridized carbons (Fsp3) is 0.444. The van der Waals surface area contributed by atoms with E-state index in [0.29, 0.717) is 32.2 Å². The molecule has 0 spiro atoms. The number of hydrogen-bond donors (Lipinski definition) is 2. The summed E-state index contributed by atoms with van der Waals surface area (Å²) in [6, 6.07) is 15.4. The van der Waals surface area contributed by atoms with Gasteiger partial charge in [0, 0.05) is 12.5 Å². The molecule has 0 aromatic heterocycles. The number of nitrogens with one attached hydrogen (secondary N) is 1. The largest absolute Gasteiger partial charge is 0.479 e. The zero-order valence-electron chi connectivity index (χ0n) is 19.5. The summed E-state index contributed by atoms with van der Waals surface area (Å²) in [5.41, 5.74) is 3.23. The van der Waals surface area contributed by atoms with E-state index in [2.05, 4.69) is 29.6 Å². The van der Waals surface area contributed by atoms with Gasteiger partial charge in [0.05, 0.1) is 0 Å². The van der Waals surface area contributed by atoms with Crippen molar-refractivity contribution in [2.75, 3.05) is 13.2 Å². The van der Waals surface area contributed by atoms with Gasteiger partial charge in [0.2, 0.25) is 5.91 Å². The minimum atomic E-state index is -1.14. The van der Waals surface area contributed by atoms with Crippen molar-refractivity contribution in [1.82, 2.24) is 10.2 Å². The Balaban J connectivity index is 1.27. The van der Waals surface area contributed by atoms with Crippen LogP contribution in [0.4, 0.5) is 4.79 Å². The molecule has 2 aromatic rings. The molecule has 2 saturated heterocycles. The normalized spacial score (nSPS) is 25.2. The summed E-state index contributed by atoms with van der Waals surface area (Å²) < 4.78 is 5.62. The maximum absolute atomic E-state index is 13.3. The molecular weight excluding hydrogens is 432 g/mol. The van der Waals surface area contributed by atoms with E-state index in [1.54, 1.807) is 0 Å². The third-order valence-corrected chi connectivity index (χ3v) is 7.67. The molecule has 34 heavy (non-hydrogen) atoms. The van der Waals surface area contributed by atoms with Crippen molar-refractivity contribution in [2.24, 2.45) is 5.41 Å². The summed E-state index contributed by atoms with van der Waals surface area (Å²) in [5.74, 6) is -1.37. The number of rotatable bonds is 7. The minimum Gasteiger partial charge on any atom is -0.479 e. The molecule has 2 N–H and O–H groups in total. The van der Waals surface area contributed by atoms with E-state index in [1.807, 2.05) is 38.1 Å². The first-order chi connectivity index (χ1) is 16.3. The molecule has 7 nitrogen and oxygen atoms in total. The number of carbonyl (C=O) groups excluding carboxylic acids is 2. The third-order valence-electron chi connectivity index (χ3n) is 7.67. The monoisotopic (exact) mass is 462 g/mol. The van der Waals surface area contributed by atoms with E-state index in [9.17, 15) is 19.5 Å². The van der Waals surface area contributed by atoms with Gasteiger partial charge in [-0.15, -0.1) is 0 Å². The second kappa shape index (κ2) is 8.15. The quantitative estimate of drug-likeness (QED) is 0.644. The second-order valence-corrected chi connectivity index (χ2v) is 10.2. The van der Waals surface area contributed by atoms with Gasteiger partial charge in [0.25, 0.3) is 0 Å². The van der Waals surface area contributed by atoms with E-state index >= 15 is 0 Å². The highest BCUT2D eigenvalue weighted by atomic mass is 16.5. The minimum absolute atomic E-state index is 0.0699. The Labute approximate surface area is 199 Å². The van der Waals surface area contributed by atoms with Gasteiger partial charge >= 0.3 is 12.1 Å². The van der Waals surface area contributed by atoms with Crippen LogP contribution >= 0.6 is 0 Å². The van der Waals surface area contributed by atoms with Gasteiger partial charge in [-0.25, -0.2) is 9.59 Å². The number of ether oxygens (including phenoxy) is 1. The van der Waals surface area contributed by atoms with Crippen LogP contribution in [0.3, 0.4) is 0 Å². The number of hydrogen-bond acceptors (Lipinski definition) is 4. The van der Waals surface area contributed by atoms with E-state index < -0.39 is 23.6 Å². The van der Waals surface area contributed by atoms with Crippen LogP contribution < -0.4 is 5.32 Å². The summed E-state index contributed by atoms with van der Waals surface area (Å²) in [6.07, 6.45) is 1.36. The van der Waals surface area contributed by atoms with Crippen molar-refractivity contribution in [3.8, 4) is 11.1 Å². The molecule has 2 bridgehead atoms. The van der Waals surface area contributed by atoms with Crippen LogP contribution in [0.15, 0.2) is 48.5 Å². The van der Waals surface area contributed by atoms with Gasteiger partial charge in [0.1, 0.15) is 18.2 Å². The van der Waals surface area contributed by atoms with E-state index in [-0.39, 0.29) is 23.8 Å². The Bertz CT molecular complexity index is 1110. The van der Waals surface area contributed by atoms with Crippen LogP contribution in [0.25, 0.3) is 11.1 Å². The second-order valence-electron chi connectivity index (χ2n) is 10.2. The molecule has 1 saturated carbocycles. The van der Waals surface area contributed by atoms with Gasteiger partial charge < -0.3 is 20.1 Å². The molecule has 1 atom stereocenters. The van der Waals surface area contributed by atoms with E-state index in [1.165, 1.54) is 4.90 Å². The molecule has 2 aliphatic carbocycles. The van der Waals surface area contributed by atoms with Gasteiger partial charge in [-0.1, -0.05) is 68.8 Å². The summed E-state index contributed by atoms with van der Waals surface area (Å²) in [6.45, 7) is 4.51. The molecule has 2 heterocycles. The summed E-state index contributed by atoms with van der Waals surface area (Å²) in [5, 5.41) is 12.5. The van der Waals surface area contributed by atoms with Crippen molar-refractivity contribution in [3.05, 3.63) is 59.7 Å². The van der Waals surface area contributed by atoms with Crippen LogP contribution in [0.2, 0.25) is 0 Å². The molecule has 2 aliphatic heterocycles. The van der Waals surface area contributed by atoms with Gasteiger partial charge in [-0.3, -0.25) is 4.79 Å². The smallest absolute Gasteiger partial charge is 0.407 e. The maximum Gasteiger partial charge on any atom is 0.407 e. The first-order valence-corrected chi connectivity index (χ1v) is 11.9. The van der Waals surface area contributed by atoms with Crippen LogP contribution in [0.1, 0.15) is 56.6 Å². The Hall–Kier alpha value is -3.35. The third kappa shape index (κ3) is 3.45. The highest BCUT2D eigenvalue weighted by Crippen LogP contribution is 2.59. The highest BCUT2D eigenvalue weighted by molar-refractivity contribution is 5.93. The molecule has 0 radical (unpaired) electrons. The Kier molecular flexibility index (Phi) is 5.38. The Morgan fingerprint density at radius 3 is 2.24 bits per heavy atom. The van der Waals surface area contributed by atoms with Crippen molar-refractivity contribution >= 4 is 18.0 Å². The Morgan fingerprint density at radius 1 is 1.09 bits per heavy atom. The summed E-state index contributed by atoms with van der Waals surface area (Å²) in [4.78, 5) is 39.6.